The first-order valence-corrected chi connectivity index (χ1v) is 7.16. The van der Waals surface area contributed by atoms with Crippen LogP contribution in [0, 0.1) is 16.7 Å². The number of aliphatic hydroxyl groups excluding tert-OH is 2. The molecule has 128 valence electrons. The van der Waals surface area contributed by atoms with Crippen LogP contribution in [-0.2, 0) is 6.18 Å². The lowest BCUT2D eigenvalue weighted by molar-refractivity contribution is -0.137. The molecule has 2 atom stereocenters. The topological polar surface area (TPSA) is 76.3 Å². The number of alkyl halides is 3. The molecular weight excluding hydrogens is 309 g/mol. The van der Waals surface area contributed by atoms with Crippen molar-refractivity contribution < 1.29 is 23.4 Å². The van der Waals surface area contributed by atoms with Gasteiger partial charge in [0.1, 0.15) is 6.07 Å². The van der Waals surface area contributed by atoms with E-state index in [0.29, 0.717) is 0 Å². The largest absolute Gasteiger partial charge is 0.416 e. The molecular formula is C16H21F3N2O2. The van der Waals surface area contributed by atoms with Crippen LogP contribution in [0.2, 0.25) is 0 Å². The quantitative estimate of drug-likeness (QED) is 0.775. The van der Waals surface area contributed by atoms with E-state index < -0.39 is 29.3 Å². The van der Waals surface area contributed by atoms with Gasteiger partial charge in [-0.15, -0.1) is 0 Å². The molecule has 0 heterocycles. The minimum Gasteiger partial charge on any atom is -0.394 e. The highest BCUT2D eigenvalue weighted by molar-refractivity contribution is 5.59. The number of nitriles is 1. The second-order valence-corrected chi connectivity index (χ2v) is 6.51. The van der Waals surface area contributed by atoms with Gasteiger partial charge >= 0.3 is 6.18 Å². The zero-order chi connectivity index (χ0) is 17.8. The van der Waals surface area contributed by atoms with Gasteiger partial charge in [-0.05, 0) is 30.0 Å². The SMILES string of the molecule is CC(C)(C)C(O)CC(CO)Nc1cc(C(F)(F)F)ccc1C#N. The summed E-state index contributed by atoms with van der Waals surface area (Å²) in [6.45, 7) is 5.07. The van der Waals surface area contributed by atoms with Gasteiger partial charge in [0, 0.05) is 0 Å². The fraction of sp³-hybridized carbons (Fsp3) is 0.562. The summed E-state index contributed by atoms with van der Waals surface area (Å²) < 4.78 is 38.4. The predicted molar refractivity (Wildman–Crippen MR) is 80.7 cm³/mol. The molecule has 0 radical (unpaired) electrons. The number of nitrogens with zero attached hydrogens (tertiary/aromatic N) is 1. The van der Waals surface area contributed by atoms with E-state index in [9.17, 15) is 23.4 Å². The van der Waals surface area contributed by atoms with Gasteiger partial charge in [0.05, 0.1) is 35.6 Å². The monoisotopic (exact) mass is 330 g/mol. The highest BCUT2D eigenvalue weighted by Crippen LogP contribution is 2.32. The molecule has 0 aliphatic heterocycles. The molecule has 2 unspecified atom stereocenters. The van der Waals surface area contributed by atoms with Gasteiger partial charge < -0.3 is 15.5 Å². The summed E-state index contributed by atoms with van der Waals surface area (Å²) in [7, 11) is 0. The normalized spacial score (nSPS) is 14.9. The Bertz CT molecular complexity index is 574. The van der Waals surface area contributed by atoms with Crippen molar-refractivity contribution in [3.63, 3.8) is 0 Å². The maximum absolute atomic E-state index is 12.8. The van der Waals surface area contributed by atoms with Crippen molar-refractivity contribution in [1.29, 1.82) is 5.26 Å². The number of anilines is 1. The average molecular weight is 330 g/mol. The second kappa shape index (κ2) is 7.20. The maximum atomic E-state index is 12.8. The highest BCUT2D eigenvalue weighted by Gasteiger charge is 2.31. The molecule has 0 spiro atoms. The number of hydrogen-bond donors (Lipinski definition) is 3. The molecule has 4 nitrogen and oxygen atoms in total. The Morgan fingerprint density at radius 3 is 2.30 bits per heavy atom. The van der Waals surface area contributed by atoms with Crippen molar-refractivity contribution in [3.8, 4) is 6.07 Å². The number of hydrogen-bond acceptors (Lipinski definition) is 4. The molecule has 7 heteroatoms. The summed E-state index contributed by atoms with van der Waals surface area (Å²) in [5.74, 6) is 0. The number of aliphatic hydroxyl groups is 2. The van der Waals surface area contributed by atoms with E-state index in [2.05, 4.69) is 5.32 Å². The Balaban J connectivity index is 3.03. The molecule has 0 aliphatic carbocycles. The van der Waals surface area contributed by atoms with Gasteiger partial charge in [-0.2, -0.15) is 18.4 Å². The summed E-state index contributed by atoms with van der Waals surface area (Å²) in [5, 5.41) is 31.3. The van der Waals surface area contributed by atoms with Gasteiger partial charge in [-0.1, -0.05) is 20.8 Å². The third kappa shape index (κ3) is 5.41. The van der Waals surface area contributed by atoms with Crippen molar-refractivity contribution in [2.45, 2.75) is 45.5 Å². The minimum absolute atomic E-state index is 0.0116. The van der Waals surface area contributed by atoms with Crippen molar-refractivity contribution in [2.24, 2.45) is 5.41 Å². The smallest absolute Gasteiger partial charge is 0.394 e. The van der Waals surface area contributed by atoms with E-state index in [1.165, 1.54) is 0 Å². The minimum atomic E-state index is -4.52. The number of benzene rings is 1. The molecule has 3 N–H and O–H groups in total. The van der Waals surface area contributed by atoms with Crippen LogP contribution in [0.4, 0.5) is 18.9 Å². The molecule has 0 fully saturated rings. The molecule has 1 aromatic rings. The summed E-state index contributed by atoms with van der Waals surface area (Å²) in [5.41, 5.74) is -1.28. The van der Waals surface area contributed by atoms with Gasteiger partial charge in [0.25, 0.3) is 0 Å². The third-order valence-electron chi connectivity index (χ3n) is 3.55. The lowest BCUT2D eigenvalue weighted by Gasteiger charge is -2.29. The summed E-state index contributed by atoms with van der Waals surface area (Å²) in [6, 6.07) is 3.90. The fourth-order valence-corrected chi connectivity index (χ4v) is 1.96. The Hall–Kier alpha value is -1.78. The molecule has 0 aliphatic rings. The van der Waals surface area contributed by atoms with Crippen LogP contribution in [0.1, 0.15) is 38.3 Å². The zero-order valence-corrected chi connectivity index (χ0v) is 13.3. The third-order valence-corrected chi connectivity index (χ3v) is 3.55. The molecule has 0 aromatic heterocycles. The molecule has 1 rings (SSSR count). The van der Waals surface area contributed by atoms with Crippen LogP contribution < -0.4 is 5.32 Å². The first-order valence-electron chi connectivity index (χ1n) is 7.16. The fourth-order valence-electron chi connectivity index (χ4n) is 1.96. The van der Waals surface area contributed by atoms with Crippen LogP contribution in [0.15, 0.2) is 18.2 Å². The molecule has 0 saturated heterocycles. The van der Waals surface area contributed by atoms with E-state index in [1.54, 1.807) is 0 Å². The van der Waals surface area contributed by atoms with Crippen molar-refractivity contribution in [3.05, 3.63) is 29.3 Å². The summed E-state index contributed by atoms with van der Waals surface area (Å²) in [6.07, 6.45) is -5.14. The standard InChI is InChI=1S/C16H21F3N2O2/c1-15(2,3)14(23)7-12(9-22)21-13-6-11(16(17,18)19)5-4-10(13)8-20/h4-6,12,14,21-23H,7,9H2,1-3H3. The van der Waals surface area contributed by atoms with Gasteiger partial charge in [0.2, 0.25) is 0 Å². The highest BCUT2D eigenvalue weighted by atomic mass is 19.4. The van der Waals surface area contributed by atoms with E-state index in [1.807, 2.05) is 26.8 Å². The van der Waals surface area contributed by atoms with Gasteiger partial charge in [0.15, 0.2) is 0 Å². The average Bonchev–Trinajstić information content (AvgIpc) is 2.44. The Kier molecular flexibility index (Phi) is 6.03. The number of rotatable bonds is 5. The molecule has 0 amide bonds. The van der Waals surface area contributed by atoms with Gasteiger partial charge in [-0.25, -0.2) is 0 Å². The van der Waals surface area contributed by atoms with E-state index in [4.69, 9.17) is 5.26 Å². The lowest BCUT2D eigenvalue weighted by atomic mass is 9.85. The molecule has 0 saturated carbocycles. The van der Waals surface area contributed by atoms with Crippen LogP contribution in [0.3, 0.4) is 0 Å². The van der Waals surface area contributed by atoms with Crippen molar-refractivity contribution in [2.75, 3.05) is 11.9 Å². The molecule has 0 bridgehead atoms. The maximum Gasteiger partial charge on any atom is 0.416 e. The van der Waals surface area contributed by atoms with Crippen LogP contribution in [0.25, 0.3) is 0 Å². The van der Waals surface area contributed by atoms with E-state index in [-0.39, 0.29) is 24.3 Å². The predicted octanol–water partition coefficient (Wildman–Crippen LogP) is 3.15. The van der Waals surface area contributed by atoms with Crippen molar-refractivity contribution in [1.82, 2.24) is 0 Å². The van der Waals surface area contributed by atoms with Crippen LogP contribution >= 0.6 is 0 Å². The summed E-state index contributed by atoms with van der Waals surface area (Å²) >= 11 is 0. The second-order valence-electron chi connectivity index (χ2n) is 6.51. The molecule has 23 heavy (non-hydrogen) atoms. The number of halogens is 3. The van der Waals surface area contributed by atoms with Gasteiger partial charge in [-0.3, -0.25) is 0 Å². The molecule has 1 aromatic carbocycles. The van der Waals surface area contributed by atoms with E-state index >= 15 is 0 Å². The Labute approximate surface area is 133 Å². The Morgan fingerprint density at radius 1 is 1.26 bits per heavy atom. The first-order chi connectivity index (χ1) is 10.5. The zero-order valence-electron chi connectivity index (χ0n) is 13.3. The van der Waals surface area contributed by atoms with Crippen molar-refractivity contribution >= 4 is 5.69 Å². The van der Waals surface area contributed by atoms with Crippen LogP contribution in [-0.4, -0.2) is 29.0 Å². The lowest BCUT2D eigenvalue weighted by Crippen LogP contribution is -2.35. The van der Waals surface area contributed by atoms with Crippen LogP contribution in [0.5, 0.6) is 0 Å². The number of nitrogens with one attached hydrogen (secondary N) is 1. The summed E-state index contributed by atoms with van der Waals surface area (Å²) in [4.78, 5) is 0. The Morgan fingerprint density at radius 2 is 1.87 bits per heavy atom. The first kappa shape index (κ1) is 19.3. The van der Waals surface area contributed by atoms with E-state index in [0.717, 1.165) is 18.2 Å².